The van der Waals surface area contributed by atoms with E-state index < -0.39 is 0 Å². The lowest BCUT2D eigenvalue weighted by Crippen LogP contribution is -2.27. The van der Waals surface area contributed by atoms with Gasteiger partial charge in [0.25, 0.3) is 5.91 Å². The number of aliphatic hydroxyl groups excluding tert-OH is 1. The first kappa shape index (κ1) is 9.47. The third-order valence-electron chi connectivity index (χ3n) is 1.40. The molecule has 0 unspecified atom stereocenters. The smallest absolute Gasteiger partial charge is 0.270 e. The van der Waals surface area contributed by atoms with Gasteiger partial charge in [-0.2, -0.15) is 0 Å². The Kier molecular flexibility index (Phi) is 3.22. The van der Waals surface area contributed by atoms with E-state index in [1.165, 1.54) is 0 Å². The summed E-state index contributed by atoms with van der Waals surface area (Å²) in [6.45, 7) is 0.128. The van der Waals surface area contributed by atoms with Gasteiger partial charge in [0.05, 0.1) is 6.61 Å². The van der Waals surface area contributed by atoms with E-state index in [0.717, 1.165) is 0 Å². The molecule has 1 heterocycles. The Bertz CT molecular complexity index is 301. The molecule has 0 saturated heterocycles. The summed E-state index contributed by atoms with van der Waals surface area (Å²) in [7, 11) is 0. The summed E-state index contributed by atoms with van der Waals surface area (Å²) in [5, 5.41) is 10.9. The second kappa shape index (κ2) is 4.42. The van der Waals surface area contributed by atoms with Gasteiger partial charge < -0.3 is 16.2 Å². The third kappa shape index (κ3) is 2.72. The van der Waals surface area contributed by atoms with Crippen LogP contribution in [0, 0.1) is 0 Å². The maximum Gasteiger partial charge on any atom is 0.270 e. The SMILES string of the molecule is Nc1cccc(C(=O)NCCO)n1. The molecule has 0 bridgehead atoms. The highest BCUT2D eigenvalue weighted by Crippen LogP contribution is 1.99. The number of nitrogens with zero attached hydrogens (tertiary/aromatic N) is 1. The molecule has 0 aliphatic rings. The van der Waals surface area contributed by atoms with Crippen molar-refractivity contribution in [2.24, 2.45) is 0 Å². The average Bonchev–Trinajstić information content (AvgIpc) is 2.14. The Morgan fingerprint density at radius 2 is 2.38 bits per heavy atom. The Labute approximate surface area is 75.6 Å². The number of nitrogens with two attached hydrogens (primary N) is 1. The van der Waals surface area contributed by atoms with Crippen molar-refractivity contribution in [3.63, 3.8) is 0 Å². The molecule has 0 fully saturated rings. The minimum atomic E-state index is -0.332. The Balaban J connectivity index is 2.66. The van der Waals surface area contributed by atoms with Crippen LogP contribution in [0.1, 0.15) is 10.5 Å². The van der Waals surface area contributed by atoms with Crippen LogP contribution in [-0.2, 0) is 0 Å². The Morgan fingerprint density at radius 1 is 1.62 bits per heavy atom. The lowest BCUT2D eigenvalue weighted by atomic mass is 10.3. The number of rotatable bonds is 3. The van der Waals surface area contributed by atoms with Gasteiger partial charge in [-0.05, 0) is 12.1 Å². The van der Waals surface area contributed by atoms with Gasteiger partial charge in [-0.1, -0.05) is 6.07 Å². The number of carbonyl (C=O) groups excluding carboxylic acids is 1. The van der Waals surface area contributed by atoms with Crippen LogP contribution in [0.5, 0.6) is 0 Å². The van der Waals surface area contributed by atoms with E-state index in [9.17, 15) is 4.79 Å². The topological polar surface area (TPSA) is 88.2 Å². The number of amides is 1. The van der Waals surface area contributed by atoms with E-state index in [4.69, 9.17) is 10.8 Å². The number of nitrogen functional groups attached to an aromatic ring is 1. The maximum absolute atomic E-state index is 11.2. The highest BCUT2D eigenvalue weighted by molar-refractivity contribution is 5.92. The van der Waals surface area contributed by atoms with Gasteiger partial charge in [-0.15, -0.1) is 0 Å². The molecule has 5 heteroatoms. The standard InChI is InChI=1S/C8H11N3O2/c9-7-3-1-2-6(11-7)8(13)10-4-5-12/h1-3,12H,4-5H2,(H2,9,11)(H,10,13). The fraction of sp³-hybridized carbons (Fsp3) is 0.250. The van der Waals surface area contributed by atoms with Crippen molar-refractivity contribution < 1.29 is 9.90 Å². The van der Waals surface area contributed by atoms with Crippen LogP contribution >= 0.6 is 0 Å². The zero-order valence-electron chi connectivity index (χ0n) is 7.03. The first-order valence-electron chi connectivity index (χ1n) is 3.85. The van der Waals surface area contributed by atoms with E-state index in [1.54, 1.807) is 18.2 Å². The highest BCUT2D eigenvalue weighted by Gasteiger charge is 2.05. The first-order valence-corrected chi connectivity index (χ1v) is 3.85. The minimum absolute atomic E-state index is 0.0892. The number of hydrogen-bond acceptors (Lipinski definition) is 4. The average molecular weight is 181 g/mol. The fourth-order valence-corrected chi connectivity index (χ4v) is 0.838. The molecule has 0 radical (unpaired) electrons. The van der Waals surface area contributed by atoms with E-state index in [2.05, 4.69) is 10.3 Å². The second-order valence-electron chi connectivity index (χ2n) is 2.43. The molecular formula is C8H11N3O2. The van der Waals surface area contributed by atoms with Crippen molar-refractivity contribution in [2.45, 2.75) is 0 Å². The summed E-state index contributed by atoms with van der Waals surface area (Å²) in [5.74, 6) is -0.0296. The monoisotopic (exact) mass is 181 g/mol. The fourth-order valence-electron chi connectivity index (χ4n) is 0.838. The molecule has 0 saturated carbocycles. The summed E-state index contributed by atoms with van der Waals surface area (Å²) in [5.41, 5.74) is 5.64. The number of nitrogens with one attached hydrogen (secondary N) is 1. The minimum Gasteiger partial charge on any atom is -0.395 e. The van der Waals surface area contributed by atoms with E-state index in [0.29, 0.717) is 5.82 Å². The predicted octanol–water partition coefficient (Wildman–Crippen LogP) is -0.614. The van der Waals surface area contributed by atoms with Gasteiger partial charge >= 0.3 is 0 Å². The van der Waals surface area contributed by atoms with Crippen molar-refractivity contribution in [3.05, 3.63) is 23.9 Å². The number of aromatic nitrogens is 1. The van der Waals surface area contributed by atoms with Gasteiger partial charge in [0.15, 0.2) is 0 Å². The third-order valence-corrected chi connectivity index (χ3v) is 1.40. The zero-order valence-corrected chi connectivity index (χ0v) is 7.03. The lowest BCUT2D eigenvalue weighted by Gasteiger charge is -2.02. The molecule has 1 aromatic heterocycles. The summed E-state index contributed by atoms with van der Waals surface area (Å²) >= 11 is 0. The van der Waals surface area contributed by atoms with Crippen molar-refractivity contribution in [1.29, 1.82) is 0 Å². The molecule has 70 valence electrons. The number of hydrogen-bond donors (Lipinski definition) is 3. The second-order valence-corrected chi connectivity index (χ2v) is 2.43. The molecule has 0 aliphatic carbocycles. The number of aliphatic hydroxyl groups is 1. The molecule has 0 aliphatic heterocycles. The zero-order chi connectivity index (χ0) is 9.68. The van der Waals surface area contributed by atoms with Crippen LogP contribution < -0.4 is 11.1 Å². The van der Waals surface area contributed by atoms with E-state index >= 15 is 0 Å². The molecule has 1 rings (SSSR count). The van der Waals surface area contributed by atoms with Gasteiger partial charge in [-0.3, -0.25) is 4.79 Å². The first-order chi connectivity index (χ1) is 6.24. The van der Waals surface area contributed by atoms with Crippen LogP contribution in [0.2, 0.25) is 0 Å². The lowest BCUT2D eigenvalue weighted by molar-refractivity contribution is 0.0940. The van der Waals surface area contributed by atoms with Gasteiger partial charge in [0.1, 0.15) is 11.5 Å². The summed E-state index contributed by atoms with van der Waals surface area (Å²) in [4.78, 5) is 15.0. The molecule has 4 N–H and O–H groups in total. The predicted molar refractivity (Wildman–Crippen MR) is 48.1 cm³/mol. The molecule has 1 aromatic rings. The number of anilines is 1. The van der Waals surface area contributed by atoms with Crippen LogP contribution in [-0.4, -0.2) is 29.1 Å². The van der Waals surface area contributed by atoms with Crippen LogP contribution in [0.15, 0.2) is 18.2 Å². The maximum atomic E-state index is 11.2. The largest absolute Gasteiger partial charge is 0.395 e. The van der Waals surface area contributed by atoms with E-state index in [-0.39, 0.29) is 24.8 Å². The quantitative estimate of drug-likeness (QED) is 0.580. The van der Waals surface area contributed by atoms with Crippen molar-refractivity contribution in [1.82, 2.24) is 10.3 Å². The number of pyridine rings is 1. The van der Waals surface area contributed by atoms with Gasteiger partial charge in [0.2, 0.25) is 0 Å². The molecule has 0 atom stereocenters. The molecule has 0 spiro atoms. The Hall–Kier alpha value is -1.62. The molecule has 0 aromatic carbocycles. The molecule has 13 heavy (non-hydrogen) atoms. The Morgan fingerprint density at radius 3 is 3.00 bits per heavy atom. The highest BCUT2D eigenvalue weighted by atomic mass is 16.3. The van der Waals surface area contributed by atoms with Crippen LogP contribution in [0.25, 0.3) is 0 Å². The van der Waals surface area contributed by atoms with Crippen molar-refractivity contribution in [2.75, 3.05) is 18.9 Å². The van der Waals surface area contributed by atoms with Crippen LogP contribution in [0.4, 0.5) is 5.82 Å². The van der Waals surface area contributed by atoms with Crippen LogP contribution in [0.3, 0.4) is 0 Å². The van der Waals surface area contributed by atoms with Gasteiger partial charge in [0, 0.05) is 6.54 Å². The van der Waals surface area contributed by atoms with Crippen molar-refractivity contribution >= 4 is 11.7 Å². The molecule has 5 nitrogen and oxygen atoms in total. The van der Waals surface area contributed by atoms with Crippen molar-refractivity contribution in [3.8, 4) is 0 Å². The van der Waals surface area contributed by atoms with Gasteiger partial charge in [-0.25, -0.2) is 4.98 Å². The summed E-state index contributed by atoms with van der Waals surface area (Å²) < 4.78 is 0. The molecular weight excluding hydrogens is 170 g/mol. The van der Waals surface area contributed by atoms with E-state index in [1.807, 2.05) is 0 Å². The molecule has 1 amide bonds. The summed E-state index contributed by atoms with van der Waals surface area (Å²) in [6.07, 6.45) is 0. The summed E-state index contributed by atoms with van der Waals surface area (Å²) in [6, 6.07) is 4.81. The normalized spacial score (nSPS) is 9.62. The number of carbonyl (C=O) groups is 1.